The molecule has 1 aliphatic carbocycles. The molecule has 0 spiro atoms. The monoisotopic (exact) mass is 531 g/mol. The Morgan fingerprint density at radius 2 is 1.87 bits per heavy atom. The predicted octanol–water partition coefficient (Wildman–Crippen LogP) is 4.78. The molecule has 3 aromatic rings. The molecule has 10 heteroatoms. The van der Waals surface area contributed by atoms with Crippen molar-refractivity contribution in [2.45, 2.75) is 38.0 Å². The second-order valence-corrected chi connectivity index (χ2v) is 10.1. The number of nitrogens with zero attached hydrogens (tertiary/aromatic N) is 3. The molecular weight excluding hydrogens is 502 g/mol. The van der Waals surface area contributed by atoms with Crippen molar-refractivity contribution in [2.75, 3.05) is 30.9 Å². The fourth-order valence-corrected chi connectivity index (χ4v) is 5.67. The van der Waals surface area contributed by atoms with E-state index < -0.39 is 11.4 Å². The summed E-state index contributed by atoms with van der Waals surface area (Å²) < 4.78 is 10.9. The number of benzene rings is 1. The van der Waals surface area contributed by atoms with E-state index in [-0.39, 0.29) is 18.5 Å². The average molecular weight is 532 g/mol. The predicted molar refractivity (Wildman–Crippen MR) is 147 cm³/mol. The molecule has 196 valence electrons. The molecule has 0 saturated carbocycles. The summed E-state index contributed by atoms with van der Waals surface area (Å²) in [5.41, 5.74) is 9.00. The van der Waals surface area contributed by atoms with Gasteiger partial charge < -0.3 is 20.5 Å². The van der Waals surface area contributed by atoms with Crippen molar-refractivity contribution < 1.29 is 19.1 Å². The summed E-state index contributed by atoms with van der Waals surface area (Å²) in [6, 6.07) is 7.84. The number of aromatic nitrogens is 3. The van der Waals surface area contributed by atoms with Crippen LogP contribution < -0.4 is 11.1 Å². The van der Waals surface area contributed by atoms with Crippen LogP contribution in [0.2, 0.25) is 0 Å². The van der Waals surface area contributed by atoms with Crippen LogP contribution in [0.3, 0.4) is 0 Å². The number of nitrogen functional groups attached to an aromatic ring is 1. The summed E-state index contributed by atoms with van der Waals surface area (Å²) in [4.78, 5) is 39.8. The van der Waals surface area contributed by atoms with Gasteiger partial charge >= 0.3 is 5.97 Å². The number of hydrogen-bond donors (Lipinski definition) is 2. The Labute approximate surface area is 224 Å². The number of anilines is 2. The zero-order valence-electron chi connectivity index (χ0n) is 21.1. The van der Waals surface area contributed by atoms with Gasteiger partial charge in [-0.25, -0.2) is 19.7 Å². The number of allylic oxidation sites excluding steroid dienone is 4. The van der Waals surface area contributed by atoms with Gasteiger partial charge in [0.05, 0.1) is 17.7 Å². The molecule has 0 atom stereocenters. The molecule has 5 rings (SSSR count). The zero-order chi connectivity index (χ0) is 26.5. The van der Waals surface area contributed by atoms with Crippen molar-refractivity contribution in [3.63, 3.8) is 0 Å². The lowest BCUT2D eigenvalue weighted by atomic mass is 9.73. The molecule has 3 N–H and O–H groups in total. The zero-order valence-corrected chi connectivity index (χ0v) is 21.9. The van der Waals surface area contributed by atoms with E-state index in [1.54, 1.807) is 19.3 Å². The van der Waals surface area contributed by atoms with Gasteiger partial charge in [-0.2, -0.15) is 0 Å². The van der Waals surface area contributed by atoms with Crippen LogP contribution in [-0.2, 0) is 19.7 Å². The van der Waals surface area contributed by atoms with Crippen LogP contribution >= 0.6 is 11.3 Å². The molecule has 38 heavy (non-hydrogen) atoms. The number of esters is 1. The molecule has 3 heterocycles. The van der Waals surface area contributed by atoms with Crippen molar-refractivity contribution in [1.29, 1.82) is 0 Å². The largest absolute Gasteiger partial charge is 0.462 e. The van der Waals surface area contributed by atoms with Gasteiger partial charge in [-0.1, -0.05) is 53.8 Å². The standard InChI is InChI=1S/C28H29N5O4S/c1-2-37-24(34)23-22(19-6-4-3-5-7-19)32-27(38-23)33-25(35)28(12-14-36-15-13-28)21-10-8-18(9-11-21)20-16-30-26(29)31-17-20/h3-4,6,8-11,16-17H,2,5,7,12-15H2,1H3,(H2,29,30,31)(H,32,33,35). The van der Waals surface area contributed by atoms with E-state index in [0.29, 0.717) is 41.8 Å². The summed E-state index contributed by atoms with van der Waals surface area (Å²) in [5.74, 6) is -0.382. The highest BCUT2D eigenvalue weighted by molar-refractivity contribution is 7.17. The molecule has 2 aromatic heterocycles. The third-order valence-corrected chi connectivity index (χ3v) is 7.80. The van der Waals surface area contributed by atoms with Gasteiger partial charge in [0.25, 0.3) is 0 Å². The van der Waals surface area contributed by atoms with Crippen LogP contribution in [0.15, 0.2) is 54.9 Å². The molecule has 1 aliphatic heterocycles. The van der Waals surface area contributed by atoms with Crippen molar-refractivity contribution in [1.82, 2.24) is 15.0 Å². The Bertz CT molecular complexity index is 1370. The van der Waals surface area contributed by atoms with Crippen LogP contribution in [0, 0.1) is 0 Å². The number of carbonyl (C=O) groups is 2. The van der Waals surface area contributed by atoms with Crippen LogP contribution in [-0.4, -0.2) is 46.6 Å². The second kappa shape index (κ2) is 11.2. The van der Waals surface area contributed by atoms with Crippen molar-refractivity contribution in [3.8, 4) is 11.1 Å². The van der Waals surface area contributed by atoms with Crippen LogP contribution in [0.5, 0.6) is 0 Å². The number of ether oxygens (including phenoxy) is 2. The number of nitrogens with one attached hydrogen (secondary N) is 1. The third-order valence-electron chi connectivity index (χ3n) is 6.85. The molecule has 0 bridgehead atoms. The van der Waals surface area contributed by atoms with Crippen molar-refractivity contribution in [3.05, 3.63) is 71.0 Å². The molecule has 1 fully saturated rings. The van der Waals surface area contributed by atoms with Gasteiger partial charge in [0.2, 0.25) is 11.9 Å². The number of hydrogen-bond acceptors (Lipinski definition) is 9. The minimum Gasteiger partial charge on any atom is -0.462 e. The van der Waals surface area contributed by atoms with Gasteiger partial charge in [-0.3, -0.25) is 4.79 Å². The molecule has 1 amide bonds. The first-order valence-corrected chi connectivity index (χ1v) is 13.4. The maximum atomic E-state index is 13.9. The molecule has 1 aromatic carbocycles. The molecule has 0 unspecified atom stereocenters. The van der Waals surface area contributed by atoms with E-state index in [4.69, 9.17) is 15.2 Å². The Morgan fingerprint density at radius 3 is 2.53 bits per heavy atom. The Hall–Kier alpha value is -3.89. The van der Waals surface area contributed by atoms with Gasteiger partial charge in [0, 0.05) is 31.2 Å². The van der Waals surface area contributed by atoms with Crippen molar-refractivity contribution in [2.24, 2.45) is 0 Å². The second-order valence-electron chi connectivity index (χ2n) is 9.13. The minimum atomic E-state index is -0.794. The number of nitrogens with two attached hydrogens (primary N) is 1. The number of rotatable bonds is 7. The summed E-state index contributed by atoms with van der Waals surface area (Å²) in [7, 11) is 0. The van der Waals surface area contributed by atoms with E-state index >= 15 is 0 Å². The van der Waals surface area contributed by atoms with Crippen LogP contribution in [0.4, 0.5) is 11.1 Å². The maximum Gasteiger partial charge on any atom is 0.350 e. The molecule has 1 saturated heterocycles. The lowest BCUT2D eigenvalue weighted by Gasteiger charge is -2.36. The summed E-state index contributed by atoms with van der Waals surface area (Å²) in [5, 5.41) is 3.41. The Morgan fingerprint density at radius 1 is 1.13 bits per heavy atom. The van der Waals surface area contributed by atoms with Crippen LogP contribution in [0.1, 0.15) is 53.5 Å². The smallest absolute Gasteiger partial charge is 0.350 e. The first-order valence-electron chi connectivity index (χ1n) is 12.6. The van der Waals surface area contributed by atoms with E-state index in [1.165, 1.54) is 0 Å². The maximum absolute atomic E-state index is 13.9. The molecule has 9 nitrogen and oxygen atoms in total. The van der Waals surface area contributed by atoms with E-state index in [0.717, 1.165) is 46.4 Å². The number of thiazole rings is 1. The van der Waals surface area contributed by atoms with E-state index in [2.05, 4.69) is 26.3 Å². The van der Waals surface area contributed by atoms with Crippen LogP contribution in [0.25, 0.3) is 16.7 Å². The first kappa shape index (κ1) is 25.7. The van der Waals surface area contributed by atoms with Gasteiger partial charge in [-0.05, 0) is 49.3 Å². The number of carbonyl (C=O) groups excluding carboxylic acids is 2. The summed E-state index contributed by atoms with van der Waals surface area (Å²) in [6.45, 7) is 2.97. The number of amides is 1. The summed E-state index contributed by atoms with van der Waals surface area (Å²) >= 11 is 1.15. The third kappa shape index (κ3) is 5.23. The molecule has 2 aliphatic rings. The first-order chi connectivity index (χ1) is 18.5. The highest BCUT2D eigenvalue weighted by Crippen LogP contribution is 2.39. The fourth-order valence-electron chi connectivity index (χ4n) is 4.78. The average Bonchev–Trinajstić information content (AvgIpc) is 3.38. The Kier molecular flexibility index (Phi) is 7.62. The molecule has 0 radical (unpaired) electrons. The normalized spacial score (nSPS) is 16.5. The lowest BCUT2D eigenvalue weighted by Crippen LogP contribution is -2.44. The summed E-state index contributed by atoms with van der Waals surface area (Å²) in [6.07, 6.45) is 12.0. The Balaban J connectivity index is 1.44. The highest BCUT2D eigenvalue weighted by atomic mass is 32.1. The minimum absolute atomic E-state index is 0.169. The fraction of sp³-hybridized carbons (Fsp3) is 0.321. The van der Waals surface area contributed by atoms with Gasteiger partial charge in [0.1, 0.15) is 4.88 Å². The van der Waals surface area contributed by atoms with Gasteiger partial charge in [-0.15, -0.1) is 0 Å². The van der Waals surface area contributed by atoms with E-state index in [9.17, 15) is 9.59 Å². The van der Waals surface area contributed by atoms with Gasteiger partial charge in [0.15, 0.2) is 5.13 Å². The van der Waals surface area contributed by atoms with Crippen molar-refractivity contribution >= 4 is 39.9 Å². The topological polar surface area (TPSA) is 129 Å². The lowest BCUT2D eigenvalue weighted by molar-refractivity contribution is -0.125. The SMILES string of the molecule is CCOC(=O)c1sc(NC(=O)C2(c3ccc(-c4cnc(N)nc4)cc3)CCOCC2)nc1C1=CC=CCC1. The molecular formula is C28H29N5O4S. The quantitative estimate of drug-likeness (QED) is 0.417. The van der Waals surface area contributed by atoms with E-state index in [1.807, 2.05) is 36.4 Å². The highest BCUT2D eigenvalue weighted by Gasteiger charge is 2.42.